The first-order valence-corrected chi connectivity index (χ1v) is 7.52. The summed E-state index contributed by atoms with van der Waals surface area (Å²) < 4.78 is 11.2. The Bertz CT molecular complexity index is 932. The number of H-pyrrole nitrogens is 1. The standard InChI is InChI=1S/C17H14N4O2/c18-15-6-11(10-2-1-3-14-17(10)23-8-22-14)9-4-5-13-12(7-19-21-13)16(9)20-15/h1-3,6-7H,4-5,8H2,(H2,18,20)(H,19,21). The van der Waals surface area contributed by atoms with Crippen molar-refractivity contribution in [2.75, 3.05) is 12.5 Å². The molecule has 0 fully saturated rings. The van der Waals surface area contributed by atoms with Crippen LogP contribution in [0.4, 0.5) is 5.82 Å². The second-order valence-corrected chi connectivity index (χ2v) is 5.72. The molecule has 0 unspecified atom stereocenters. The number of hydrogen-bond donors (Lipinski definition) is 2. The highest BCUT2D eigenvalue weighted by Crippen LogP contribution is 2.45. The van der Waals surface area contributed by atoms with Crippen molar-refractivity contribution >= 4 is 5.82 Å². The van der Waals surface area contributed by atoms with Gasteiger partial charge in [-0.15, -0.1) is 0 Å². The maximum Gasteiger partial charge on any atom is 0.231 e. The fraction of sp³-hybridized carbons (Fsp3) is 0.176. The molecule has 5 rings (SSSR count). The summed E-state index contributed by atoms with van der Waals surface area (Å²) in [5.41, 5.74) is 12.4. The number of hydrogen-bond acceptors (Lipinski definition) is 5. The van der Waals surface area contributed by atoms with Crippen LogP contribution in [0.5, 0.6) is 11.5 Å². The maximum atomic E-state index is 6.08. The molecule has 1 aromatic carbocycles. The molecule has 2 aromatic heterocycles. The van der Waals surface area contributed by atoms with Gasteiger partial charge in [-0.2, -0.15) is 5.10 Å². The lowest BCUT2D eigenvalue weighted by atomic mass is 9.88. The molecule has 0 spiro atoms. The summed E-state index contributed by atoms with van der Waals surface area (Å²) in [5, 5.41) is 7.19. The largest absolute Gasteiger partial charge is 0.454 e. The molecule has 6 heteroatoms. The average Bonchev–Trinajstić information content (AvgIpc) is 3.22. The van der Waals surface area contributed by atoms with Crippen LogP contribution >= 0.6 is 0 Å². The van der Waals surface area contributed by atoms with E-state index in [1.54, 1.807) is 0 Å². The monoisotopic (exact) mass is 306 g/mol. The lowest BCUT2D eigenvalue weighted by Crippen LogP contribution is -2.08. The maximum absolute atomic E-state index is 6.08. The van der Waals surface area contributed by atoms with Gasteiger partial charge in [0, 0.05) is 16.8 Å². The Morgan fingerprint density at radius 1 is 1.09 bits per heavy atom. The van der Waals surface area contributed by atoms with Crippen molar-refractivity contribution in [2.24, 2.45) is 0 Å². The first-order valence-electron chi connectivity index (χ1n) is 7.52. The van der Waals surface area contributed by atoms with E-state index in [9.17, 15) is 0 Å². The highest BCUT2D eigenvalue weighted by molar-refractivity contribution is 5.84. The SMILES string of the molecule is Nc1cc(-c2cccc3c2OCO3)c2c(n1)-c1cn[nH]c1CC2. The van der Waals surface area contributed by atoms with Crippen LogP contribution < -0.4 is 15.2 Å². The number of pyridine rings is 1. The molecule has 0 saturated heterocycles. The predicted molar refractivity (Wildman–Crippen MR) is 85.2 cm³/mol. The molecule has 1 aliphatic carbocycles. The van der Waals surface area contributed by atoms with Crippen LogP contribution in [0, 0.1) is 0 Å². The van der Waals surface area contributed by atoms with Gasteiger partial charge in [-0.05, 0) is 36.1 Å². The lowest BCUT2D eigenvalue weighted by molar-refractivity contribution is 0.174. The van der Waals surface area contributed by atoms with Gasteiger partial charge in [0.25, 0.3) is 0 Å². The average molecular weight is 306 g/mol. The first-order chi connectivity index (χ1) is 11.3. The Labute approximate surface area is 132 Å². The number of rotatable bonds is 1. The van der Waals surface area contributed by atoms with Crippen molar-refractivity contribution in [1.29, 1.82) is 0 Å². The normalized spacial score (nSPS) is 14.4. The summed E-state index contributed by atoms with van der Waals surface area (Å²) in [5.74, 6) is 2.04. The van der Waals surface area contributed by atoms with Crippen LogP contribution in [0.25, 0.3) is 22.4 Å². The van der Waals surface area contributed by atoms with Crippen LogP contribution in [0.1, 0.15) is 11.3 Å². The second kappa shape index (κ2) is 4.49. The molecule has 0 bridgehead atoms. The number of fused-ring (bicyclic) bond motifs is 4. The number of anilines is 1. The molecule has 3 aromatic rings. The highest BCUT2D eigenvalue weighted by atomic mass is 16.7. The topological polar surface area (TPSA) is 86.1 Å². The number of aryl methyl sites for hydroxylation is 1. The van der Waals surface area contributed by atoms with Gasteiger partial charge in [-0.3, -0.25) is 5.10 Å². The van der Waals surface area contributed by atoms with Crippen LogP contribution in [-0.4, -0.2) is 22.0 Å². The fourth-order valence-electron chi connectivity index (χ4n) is 3.41. The number of nitrogens with two attached hydrogens (primary N) is 1. The summed E-state index contributed by atoms with van der Waals surface area (Å²) in [4.78, 5) is 4.55. The van der Waals surface area contributed by atoms with E-state index in [2.05, 4.69) is 15.2 Å². The van der Waals surface area contributed by atoms with Crippen LogP contribution in [-0.2, 0) is 12.8 Å². The number of nitrogens with one attached hydrogen (secondary N) is 1. The molecule has 6 nitrogen and oxygen atoms in total. The smallest absolute Gasteiger partial charge is 0.231 e. The third kappa shape index (κ3) is 1.75. The van der Waals surface area contributed by atoms with Gasteiger partial charge >= 0.3 is 0 Å². The van der Waals surface area contributed by atoms with Crippen molar-refractivity contribution in [3.63, 3.8) is 0 Å². The van der Waals surface area contributed by atoms with E-state index in [1.165, 1.54) is 5.56 Å². The van der Waals surface area contributed by atoms with Crippen molar-refractivity contribution in [3.05, 3.63) is 41.7 Å². The molecule has 0 amide bonds. The van der Waals surface area contributed by atoms with Crippen LogP contribution in [0.15, 0.2) is 30.5 Å². The van der Waals surface area contributed by atoms with Crippen LogP contribution in [0.3, 0.4) is 0 Å². The van der Waals surface area contributed by atoms with E-state index in [0.717, 1.165) is 52.4 Å². The van der Waals surface area contributed by atoms with Gasteiger partial charge in [-0.1, -0.05) is 12.1 Å². The van der Waals surface area contributed by atoms with Gasteiger partial charge < -0.3 is 15.2 Å². The summed E-state index contributed by atoms with van der Waals surface area (Å²) >= 11 is 0. The van der Waals surface area contributed by atoms with E-state index in [1.807, 2.05) is 30.5 Å². The minimum Gasteiger partial charge on any atom is -0.454 e. The molecule has 0 atom stereocenters. The Morgan fingerprint density at radius 3 is 3.00 bits per heavy atom. The molecule has 23 heavy (non-hydrogen) atoms. The summed E-state index contributed by atoms with van der Waals surface area (Å²) in [6.45, 7) is 0.251. The van der Waals surface area contributed by atoms with Gasteiger partial charge in [0.1, 0.15) is 5.82 Å². The van der Waals surface area contributed by atoms with E-state index in [4.69, 9.17) is 15.2 Å². The number of nitrogen functional groups attached to an aromatic ring is 1. The Hall–Kier alpha value is -3.02. The Balaban J connectivity index is 1.79. The zero-order valence-electron chi connectivity index (χ0n) is 12.3. The van der Waals surface area contributed by atoms with Crippen LogP contribution in [0.2, 0.25) is 0 Å². The molecule has 3 heterocycles. The molecule has 114 valence electrons. The summed E-state index contributed by atoms with van der Waals surface area (Å²) in [6, 6.07) is 7.84. The summed E-state index contributed by atoms with van der Waals surface area (Å²) in [7, 11) is 0. The molecule has 2 aliphatic rings. The fourth-order valence-corrected chi connectivity index (χ4v) is 3.41. The van der Waals surface area contributed by atoms with Crippen molar-refractivity contribution in [3.8, 4) is 33.9 Å². The number of ether oxygens (including phenoxy) is 2. The minimum absolute atomic E-state index is 0.251. The molecule has 1 aliphatic heterocycles. The molecule has 0 radical (unpaired) electrons. The van der Waals surface area contributed by atoms with E-state index in [-0.39, 0.29) is 6.79 Å². The zero-order chi connectivity index (χ0) is 15.4. The minimum atomic E-state index is 0.251. The number of aromatic amines is 1. The number of nitrogens with zero attached hydrogens (tertiary/aromatic N) is 2. The lowest BCUT2D eigenvalue weighted by Gasteiger charge is -2.20. The summed E-state index contributed by atoms with van der Waals surface area (Å²) in [6.07, 6.45) is 3.61. The third-order valence-corrected chi connectivity index (χ3v) is 4.43. The first kappa shape index (κ1) is 12.5. The van der Waals surface area contributed by atoms with E-state index in [0.29, 0.717) is 5.82 Å². The van der Waals surface area contributed by atoms with Gasteiger partial charge in [0.15, 0.2) is 11.5 Å². The van der Waals surface area contributed by atoms with Crippen molar-refractivity contribution in [2.45, 2.75) is 12.8 Å². The van der Waals surface area contributed by atoms with E-state index < -0.39 is 0 Å². The number of benzene rings is 1. The quantitative estimate of drug-likeness (QED) is 0.721. The second-order valence-electron chi connectivity index (χ2n) is 5.72. The Kier molecular flexibility index (Phi) is 2.44. The molecular formula is C17H14N4O2. The number of para-hydroxylation sites is 1. The van der Waals surface area contributed by atoms with E-state index >= 15 is 0 Å². The van der Waals surface area contributed by atoms with Gasteiger partial charge in [0.2, 0.25) is 6.79 Å². The van der Waals surface area contributed by atoms with Gasteiger partial charge in [0.05, 0.1) is 11.9 Å². The molecule has 0 saturated carbocycles. The number of aromatic nitrogens is 3. The van der Waals surface area contributed by atoms with Crippen molar-refractivity contribution < 1.29 is 9.47 Å². The predicted octanol–water partition coefficient (Wildman–Crippen LogP) is 2.55. The molecular weight excluding hydrogens is 292 g/mol. The highest BCUT2D eigenvalue weighted by Gasteiger charge is 2.26. The third-order valence-electron chi connectivity index (χ3n) is 4.43. The molecule has 3 N–H and O–H groups in total. The van der Waals surface area contributed by atoms with Crippen molar-refractivity contribution in [1.82, 2.24) is 15.2 Å². The zero-order valence-corrected chi connectivity index (χ0v) is 12.3. The van der Waals surface area contributed by atoms with Gasteiger partial charge in [-0.25, -0.2) is 4.98 Å². The Morgan fingerprint density at radius 2 is 2.04 bits per heavy atom.